The summed E-state index contributed by atoms with van der Waals surface area (Å²) in [5.41, 5.74) is 7.35. The predicted octanol–water partition coefficient (Wildman–Crippen LogP) is 1.28. The highest BCUT2D eigenvalue weighted by molar-refractivity contribution is 7.91. The van der Waals surface area contributed by atoms with Crippen molar-refractivity contribution in [3.8, 4) is 11.3 Å². The monoisotopic (exact) mass is 292 g/mol. The lowest BCUT2D eigenvalue weighted by Crippen LogP contribution is -2.27. The maximum absolute atomic E-state index is 11.8. The Kier molecular flexibility index (Phi) is 3.21. The van der Waals surface area contributed by atoms with E-state index in [1.54, 1.807) is 24.8 Å². The van der Waals surface area contributed by atoms with Crippen molar-refractivity contribution >= 4 is 15.7 Å². The van der Waals surface area contributed by atoms with E-state index in [-0.39, 0.29) is 17.5 Å². The van der Waals surface area contributed by atoms with Crippen LogP contribution in [0.25, 0.3) is 11.3 Å². The predicted molar refractivity (Wildman–Crippen MR) is 76.8 cm³/mol. The van der Waals surface area contributed by atoms with Crippen molar-refractivity contribution < 1.29 is 8.42 Å². The molecule has 2 aromatic rings. The van der Waals surface area contributed by atoms with Gasteiger partial charge in [0.1, 0.15) is 5.82 Å². The van der Waals surface area contributed by atoms with Gasteiger partial charge in [-0.25, -0.2) is 18.4 Å². The zero-order chi connectivity index (χ0) is 14.2. The summed E-state index contributed by atoms with van der Waals surface area (Å²) in [6.45, 7) is 0. The average molecular weight is 292 g/mol. The van der Waals surface area contributed by atoms with Crippen LogP contribution >= 0.6 is 0 Å². The summed E-state index contributed by atoms with van der Waals surface area (Å²) in [7, 11) is -2.95. The van der Waals surface area contributed by atoms with Crippen molar-refractivity contribution in [2.45, 2.75) is 18.9 Å². The molecular formula is C13H16N4O2S. The maximum Gasteiger partial charge on any atom is 0.152 e. The number of imidazole rings is 1. The Balaban J connectivity index is 1.96. The Morgan fingerprint density at radius 3 is 2.85 bits per heavy atom. The van der Waals surface area contributed by atoms with E-state index >= 15 is 0 Å². The quantitative estimate of drug-likeness (QED) is 0.900. The number of hydrogen-bond donors (Lipinski definition) is 1. The molecule has 20 heavy (non-hydrogen) atoms. The van der Waals surface area contributed by atoms with Gasteiger partial charge in [-0.2, -0.15) is 0 Å². The topological polar surface area (TPSA) is 90.9 Å². The van der Waals surface area contributed by atoms with Gasteiger partial charge < -0.3 is 10.3 Å². The van der Waals surface area contributed by atoms with E-state index in [1.807, 2.05) is 10.6 Å². The lowest BCUT2D eigenvalue weighted by atomic mass is 10.1. The molecule has 3 heterocycles. The third kappa shape index (κ3) is 2.53. The lowest BCUT2D eigenvalue weighted by Gasteiger charge is -2.24. The minimum absolute atomic E-state index is 0.0520. The van der Waals surface area contributed by atoms with Crippen LogP contribution in [-0.4, -0.2) is 34.5 Å². The Morgan fingerprint density at radius 2 is 2.15 bits per heavy atom. The SMILES string of the molecule is Nc1ccc(-c2cncn2C2CCCS(=O)(=O)C2)cn1. The van der Waals surface area contributed by atoms with E-state index in [4.69, 9.17) is 5.73 Å². The van der Waals surface area contributed by atoms with Crippen molar-refractivity contribution in [3.05, 3.63) is 30.9 Å². The molecule has 0 saturated carbocycles. The molecule has 0 radical (unpaired) electrons. The number of rotatable bonds is 2. The molecule has 0 bridgehead atoms. The van der Waals surface area contributed by atoms with Crippen LogP contribution in [0.3, 0.4) is 0 Å². The number of hydrogen-bond acceptors (Lipinski definition) is 5. The van der Waals surface area contributed by atoms with E-state index in [0.29, 0.717) is 12.2 Å². The van der Waals surface area contributed by atoms with Crippen LogP contribution in [0.4, 0.5) is 5.82 Å². The molecule has 1 aliphatic heterocycles. The van der Waals surface area contributed by atoms with Gasteiger partial charge >= 0.3 is 0 Å². The second-order valence-corrected chi connectivity index (χ2v) is 7.30. The third-order valence-electron chi connectivity index (χ3n) is 3.58. The van der Waals surface area contributed by atoms with Crippen LogP contribution in [0.2, 0.25) is 0 Å². The first kappa shape index (κ1) is 13.1. The second kappa shape index (κ2) is 4.90. The van der Waals surface area contributed by atoms with Crippen LogP contribution in [0.1, 0.15) is 18.9 Å². The summed E-state index contributed by atoms with van der Waals surface area (Å²) in [5, 5.41) is 0. The average Bonchev–Trinajstić information content (AvgIpc) is 2.87. The molecule has 1 fully saturated rings. The van der Waals surface area contributed by atoms with Crippen molar-refractivity contribution in [2.24, 2.45) is 0 Å². The first-order valence-electron chi connectivity index (χ1n) is 6.49. The molecule has 7 heteroatoms. The Hall–Kier alpha value is -1.89. The first-order valence-corrected chi connectivity index (χ1v) is 8.31. The van der Waals surface area contributed by atoms with Crippen molar-refractivity contribution in [2.75, 3.05) is 17.2 Å². The van der Waals surface area contributed by atoms with Crippen LogP contribution in [-0.2, 0) is 9.84 Å². The van der Waals surface area contributed by atoms with E-state index < -0.39 is 9.84 Å². The zero-order valence-corrected chi connectivity index (χ0v) is 11.8. The Morgan fingerprint density at radius 1 is 1.30 bits per heavy atom. The van der Waals surface area contributed by atoms with Gasteiger partial charge in [-0.1, -0.05) is 0 Å². The molecule has 0 amide bonds. The third-order valence-corrected chi connectivity index (χ3v) is 5.38. The molecule has 2 aromatic heterocycles. The van der Waals surface area contributed by atoms with Gasteiger partial charge in [-0.3, -0.25) is 0 Å². The molecule has 3 rings (SSSR count). The molecule has 6 nitrogen and oxygen atoms in total. The van der Waals surface area contributed by atoms with E-state index in [0.717, 1.165) is 17.7 Å². The number of anilines is 1. The molecule has 0 aromatic carbocycles. The van der Waals surface area contributed by atoms with E-state index in [2.05, 4.69) is 9.97 Å². The molecule has 2 N–H and O–H groups in total. The molecule has 1 atom stereocenters. The largest absolute Gasteiger partial charge is 0.384 e. The summed E-state index contributed by atoms with van der Waals surface area (Å²) >= 11 is 0. The number of aromatic nitrogens is 3. The van der Waals surface area contributed by atoms with Gasteiger partial charge in [0.15, 0.2) is 9.84 Å². The number of pyridine rings is 1. The van der Waals surface area contributed by atoms with Gasteiger partial charge in [-0.15, -0.1) is 0 Å². The maximum atomic E-state index is 11.8. The van der Waals surface area contributed by atoms with Crippen LogP contribution in [0.15, 0.2) is 30.9 Å². The van der Waals surface area contributed by atoms with Crippen LogP contribution in [0, 0.1) is 0 Å². The number of nitrogens with two attached hydrogens (primary N) is 1. The van der Waals surface area contributed by atoms with Crippen LogP contribution < -0.4 is 5.73 Å². The van der Waals surface area contributed by atoms with E-state index in [1.165, 1.54) is 0 Å². The highest BCUT2D eigenvalue weighted by atomic mass is 32.2. The highest BCUT2D eigenvalue weighted by Gasteiger charge is 2.27. The molecule has 106 valence electrons. The lowest BCUT2D eigenvalue weighted by molar-refractivity contribution is 0.473. The smallest absolute Gasteiger partial charge is 0.152 e. The van der Waals surface area contributed by atoms with Gasteiger partial charge in [0.25, 0.3) is 0 Å². The van der Waals surface area contributed by atoms with E-state index in [9.17, 15) is 8.42 Å². The van der Waals surface area contributed by atoms with Gasteiger partial charge in [0, 0.05) is 17.8 Å². The summed E-state index contributed by atoms with van der Waals surface area (Å²) in [6, 6.07) is 3.54. The molecule has 0 spiro atoms. The van der Waals surface area contributed by atoms with Crippen molar-refractivity contribution in [3.63, 3.8) is 0 Å². The minimum Gasteiger partial charge on any atom is -0.384 e. The fourth-order valence-electron chi connectivity index (χ4n) is 2.59. The Bertz CT molecular complexity index is 706. The normalized spacial score (nSPS) is 21.7. The fourth-order valence-corrected chi connectivity index (χ4v) is 4.28. The number of sulfone groups is 1. The standard InChI is InChI=1S/C13H16N4O2S/c14-13-4-3-10(6-16-13)12-7-15-9-17(12)11-2-1-5-20(18,19)8-11/h3-4,6-7,9,11H,1-2,5,8H2,(H2,14,16). The Labute approximate surface area is 117 Å². The fraction of sp³-hybridized carbons (Fsp3) is 0.385. The summed E-state index contributed by atoms with van der Waals surface area (Å²) in [6.07, 6.45) is 6.65. The summed E-state index contributed by atoms with van der Waals surface area (Å²) < 4.78 is 25.5. The van der Waals surface area contributed by atoms with Gasteiger partial charge in [0.2, 0.25) is 0 Å². The number of nitrogen functional groups attached to an aromatic ring is 1. The first-order chi connectivity index (χ1) is 9.55. The zero-order valence-electron chi connectivity index (χ0n) is 10.9. The van der Waals surface area contributed by atoms with Crippen LogP contribution in [0.5, 0.6) is 0 Å². The van der Waals surface area contributed by atoms with Gasteiger partial charge in [0.05, 0.1) is 29.7 Å². The van der Waals surface area contributed by atoms with Gasteiger partial charge in [-0.05, 0) is 25.0 Å². The molecule has 1 saturated heterocycles. The van der Waals surface area contributed by atoms with Crippen molar-refractivity contribution in [1.82, 2.24) is 14.5 Å². The van der Waals surface area contributed by atoms with Crippen molar-refractivity contribution in [1.29, 1.82) is 0 Å². The minimum atomic E-state index is -2.95. The molecule has 1 unspecified atom stereocenters. The number of nitrogens with zero attached hydrogens (tertiary/aromatic N) is 3. The summed E-state index contributed by atoms with van der Waals surface area (Å²) in [4.78, 5) is 8.22. The molecular weight excluding hydrogens is 276 g/mol. The molecule has 0 aliphatic carbocycles. The highest BCUT2D eigenvalue weighted by Crippen LogP contribution is 2.28. The second-order valence-electron chi connectivity index (χ2n) is 5.07. The summed E-state index contributed by atoms with van der Waals surface area (Å²) in [5.74, 6) is 0.926. The molecule has 1 aliphatic rings.